The van der Waals surface area contributed by atoms with Crippen LogP contribution in [0.25, 0.3) is 0 Å². The van der Waals surface area contributed by atoms with E-state index in [2.05, 4.69) is 30.7 Å². The Morgan fingerprint density at radius 2 is 1.67 bits per heavy atom. The van der Waals surface area contributed by atoms with Crippen molar-refractivity contribution in [2.45, 2.75) is 59.8 Å². The van der Waals surface area contributed by atoms with Gasteiger partial charge in [0.25, 0.3) is 0 Å². The second-order valence-electron chi connectivity index (χ2n) is 5.35. The molecule has 2 heteroatoms. The highest BCUT2D eigenvalue weighted by molar-refractivity contribution is 4.74. The van der Waals surface area contributed by atoms with Crippen LogP contribution in [0.3, 0.4) is 0 Å². The van der Waals surface area contributed by atoms with Crippen molar-refractivity contribution in [1.29, 1.82) is 0 Å². The average molecular weight is 256 g/mol. The molecule has 0 amide bonds. The number of hydrogen-bond acceptors (Lipinski definition) is 2. The molecule has 1 rings (SSSR count). The largest absolute Gasteiger partial charge is 0.306 e. The third-order valence-corrected chi connectivity index (χ3v) is 3.89. The zero-order valence-electron chi connectivity index (χ0n) is 13.5. The highest BCUT2D eigenvalue weighted by Crippen LogP contribution is 2.18. The molecule has 1 fully saturated rings. The fraction of sp³-hybridized carbons (Fsp3) is 1.00. The second-order valence-corrected chi connectivity index (χ2v) is 5.35. The molecule has 0 spiro atoms. The molecule has 1 heterocycles. The molecule has 0 atom stereocenters. The summed E-state index contributed by atoms with van der Waals surface area (Å²) in [5.41, 5.74) is 0. The molecule has 1 aliphatic heterocycles. The number of nitrogens with zero attached hydrogens (tertiary/aromatic N) is 2. The van der Waals surface area contributed by atoms with Gasteiger partial charge < -0.3 is 9.80 Å². The van der Waals surface area contributed by atoms with Crippen molar-refractivity contribution in [1.82, 2.24) is 9.80 Å². The number of likely N-dealkylation sites (tertiary alicyclic amines) is 1. The highest BCUT2D eigenvalue weighted by Gasteiger charge is 2.19. The first-order chi connectivity index (χ1) is 8.76. The maximum absolute atomic E-state index is 2.66. The molecule has 0 aromatic heterocycles. The van der Waals surface area contributed by atoms with Gasteiger partial charge in [0, 0.05) is 6.54 Å². The average Bonchev–Trinajstić information content (AvgIpc) is 2.43. The van der Waals surface area contributed by atoms with Crippen LogP contribution in [-0.4, -0.2) is 49.6 Å². The lowest BCUT2D eigenvalue weighted by Gasteiger charge is -2.33. The summed E-state index contributed by atoms with van der Waals surface area (Å²) in [6.45, 7) is 15.0. The molecule has 1 saturated heterocycles. The van der Waals surface area contributed by atoms with E-state index in [1.54, 1.807) is 0 Å². The quantitative estimate of drug-likeness (QED) is 0.638. The summed E-state index contributed by atoms with van der Waals surface area (Å²) in [5.74, 6) is 0.951. The molecule has 18 heavy (non-hydrogen) atoms. The Labute approximate surface area is 116 Å². The van der Waals surface area contributed by atoms with E-state index in [1.165, 1.54) is 64.8 Å². The summed E-state index contributed by atoms with van der Waals surface area (Å²) < 4.78 is 0. The Kier molecular flexibility index (Phi) is 11.9. The van der Waals surface area contributed by atoms with Crippen LogP contribution in [0.5, 0.6) is 0 Å². The summed E-state index contributed by atoms with van der Waals surface area (Å²) in [4.78, 5) is 5.12. The molecule has 0 unspecified atom stereocenters. The fourth-order valence-electron chi connectivity index (χ4n) is 2.55. The van der Waals surface area contributed by atoms with E-state index >= 15 is 0 Å². The summed E-state index contributed by atoms with van der Waals surface area (Å²) >= 11 is 0. The Bertz CT molecular complexity index is 162. The summed E-state index contributed by atoms with van der Waals surface area (Å²) in [5, 5.41) is 0. The fourth-order valence-corrected chi connectivity index (χ4v) is 2.55. The molecule has 0 aliphatic carbocycles. The van der Waals surface area contributed by atoms with Gasteiger partial charge in [0.15, 0.2) is 0 Å². The minimum atomic E-state index is 0.951. The van der Waals surface area contributed by atoms with Gasteiger partial charge in [-0.25, -0.2) is 0 Å². The predicted octanol–water partition coefficient (Wildman–Crippen LogP) is 3.87. The van der Waals surface area contributed by atoms with E-state index in [1.807, 2.05) is 13.8 Å². The van der Waals surface area contributed by atoms with Gasteiger partial charge in [-0.3, -0.25) is 0 Å². The molecule has 0 aromatic carbocycles. The maximum Gasteiger partial charge on any atom is 0.000744 e. The zero-order valence-corrected chi connectivity index (χ0v) is 13.5. The number of rotatable bonds is 7. The minimum Gasteiger partial charge on any atom is -0.306 e. The minimum absolute atomic E-state index is 0.951. The van der Waals surface area contributed by atoms with E-state index in [9.17, 15) is 0 Å². The van der Waals surface area contributed by atoms with Gasteiger partial charge in [-0.1, -0.05) is 40.5 Å². The van der Waals surface area contributed by atoms with Crippen molar-refractivity contribution in [3.05, 3.63) is 0 Å². The first-order valence-corrected chi connectivity index (χ1v) is 8.17. The SMILES string of the molecule is CC.CCCCCN1CCC(CN(C)CC)CC1. The van der Waals surface area contributed by atoms with Crippen LogP contribution in [0.15, 0.2) is 0 Å². The molecule has 0 saturated carbocycles. The Morgan fingerprint density at radius 1 is 1.06 bits per heavy atom. The van der Waals surface area contributed by atoms with E-state index in [4.69, 9.17) is 0 Å². The van der Waals surface area contributed by atoms with E-state index < -0.39 is 0 Å². The Morgan fingerprint density at radius 3 is 2.17 bits per heavy atom. The van der Waals surface area contributed by atoms with Crippen molar-refractivity contribution in [2.24, 2.45) is 5.92 Å². The molecule has 0 N–H and O–H groups in total. The van der Waals surface area contributed by atoms with Gasteiger partial charge in [0.05, 0.1) is 0 Å². The molecule has 0 bridgehead atoms. The van der Waals surface area contributed by atoms with Crippen LogP contribution in [0.4, 0.5) is 0 Å². The van der Waals surface area contributed by atoms with E-state index in [0.717, 1.165) is 5.92 Å². The molecule has 2 nitrogen and oxygen atoms in total. The molecule has 110 valence electrons. The van der Waals surface area contributed by atoms with Gasteiger partial charge in [0.2, 0.25) is 0 Å². The second kappa shape index (κ2) is 12.0. The molecular formula is C16H36N2. The summed E-state index contributed by atoms with van der Waals surface area (Å²) in [6.07, 6.45) is 6.97. The topological polar surface area (TPSA) is 6.48 Å². The van der Waals surface area contributed by atoms with Gasteiger partial charge in [-0.15, -0.1) is 0 Å². The summed E-state index contributed by atoms with van der Waals surface area (Å²) in [6, 6.07) is 0. The third-order valence-electron chi connectivity index (χ3n) is 3.89. The van der Waals surface area contributed by atoms with E-state index in [0.29, 0.717) is 0 Å². The predicted molar refractivity (Wildman–Crippen MR) is 83.2 cm³/mol. The smallest absolute Gasteiger partial charge is 0.000744 e. The van der Waals surface area contributed by atoms with Crippen LogP contribution in [-0.2, 0) is 0 Å². The maximum atomic E-state index is 2.66. The molecule has 1 aliphatic rings. The van der Waals surface area contributed by atoms with Gasteiger partial charge in [0.1, 0.15) is 0 Å². The van der Waals surface area contributed by atoms with Crippen LogP contribution in [0.2, 0.25) is 0 Å². The van der Waals surface area contributed by atoms with Crippen LogP contribution >= 0.6 is 0 Å². The van der Waals surface area contributed by atoms with Gasteiger partial charge in [-0.05, 0) is 58.4 Å². The van der Waals surface area contributed by atoms with Crippen molar-refractivity contribution < 1.29 is 0 Å². The van der Waals surface area contributed by atoms with Gasteiger partial charge >= 0.3 is 0 Å². The summed E-state index contributed by atoms with van der Waals surface area (Å²) in [7, 11) is 2.24. The molecular weight excluding hydrogens is 220 g/mol. The number of hydrogen-bond donors (Lipinski definition) is 0. The lowest BCUT2D eigenvalue weighted by molar-refractivity contribution is 0.154. The first kappa shape index (κ1) is 17.9. The molecule has 0 radical (unpaired) electrons. The highest BCUT2D eigenvalue weighted by atomic mass is 15.1. The normalized spacial score (nSPS) is 17.7. The zero-order chi connectivity index (χ0) is 13.8. The number of piperidine rings is 1. The van der Waals surface area contributed by atoms with Crippen molar-refractivity contribution in [3.8, 4) is 0 Å². The number of unbranched alkanes of at least 4 members (excludes halogenated alkanes) is 2. The van der Waals surface area contributed by atoms with Gasteiger partial charge in [-0.2, -0.15) is 0 Å². The van der Waals surface area contributed by atoms with Crippen LogP contribution in [0, 0.1) is 5.92 Å². The van der Waals surface area contributed by atoms with Crippen molar-refractivity contribution in [3.63, 3.8) is 0 Å². The first-order valence-electron chi connectivity index (χ1n) is 8.17. The monoisotopic (exact) mass is 256 g/mol. The Hall–Kier alpha value is -0.0800. The van der Waals surface area contributed by atoms with Crippen molar-refractivity contribution >= 4 is 0 Å². The van der Waals surface area contributed by atoms with Crippen LogP contribution in [0.1, 0.15) is 59.8 Å². The van der Waals surface area contributed by atoms with E-state index in [-0.39, 0.29) is 0 Å². The Balaban J connectivity index is 0.00000137. The standard InChI is InChI=1S/C14H30N2.C2H6/c1-4-6-7-10-16-11-8-14(9-12-16)13-15(3)5-2;1-2/h14H,4-13H2,1-3H3;1-2H3. The molecule has 0 aromatic rings. The van der Waals surface area contributed by atoms with Crippen LogP contribution < -0.4 is 0 Å². The lowest BCUT2D eigenvalue weighted by atomic mass is 9.96. The van der Waals surface area contributed by atoms with Crippen molar-refractivity contribution in [2.75, 3.05) is 39.8 Å². The lowest BCUT2D eigenvalue weighted by Crippen LogP contribution is -2.38. The third kappa shape index (κ3) is 8.10.